The topological polar surface area (TPSA) is 80.5 Å². The lowest BCUT2D eigenvalue weighted by atomic mass is 10.2. The van der Waals surface area contributed by atoms with E-state index in [9.17, 15) is 4.79 Å². The number of carbonyl (C=O) groups excluding carboxylic acids is 1. The van der Waals surface area contributed by atoms with Gasteiger partial charge in [0.1, 0.15) is 5.82 Å². The smallest absolute Gasteiger partial charge is 0.254 e. The molecule has 0 aromatic carbocycles. The second kappa shape index (κ2) is 5.99. The van der Waals surface area contributed by atoms with Crippen LogP contribution in [0.3, 0.4) is 0 Å². The van der Waals surface area contributed by atoms with Gasteiger partial charge in [-0.1, -0.05) is 0 Å². The summed E-state index contributed by atoms with van der Waals surface area (Å²) in [6, 6.07) is 3.45. The highest BCUT2D eigenvalue weighted by molar-refractivity contribution is 5.95. The van der Waals surface area contributed by atoms with Crippen LogP contribution in [0.4, 0.5) is 5.82 Å². The van der Waals surface area contributed by atoms with Gasteiger partial charge in [0.25, 0.3) is 5.91 Å². The molecular weight excluding hydrogens is 244 g/mol. The van der Waals surface area contributed by atoms with Crippen LogP contribution in [0.2, 0.25) is 0 Å². The van der Waals surface area contributed by atoms with Crippen LogP contribution in [0.1, 0.15) is 29.4 Å². The molecule has 1 unspecified atom stereocenters. The number of nitrogens with zero attached hydrogens (tertiary/aromatic N) is 2. The highest BCUT2D eigenvalue weighted by Crippen LogP contribution is 2.14. The van der Waals surface area contributed by atoms with Gasteiger partial charge in [-0.3, -0.25) is 4.79 Å². The number of carbonyl (C=O) groups is 1. The molecule has 104 valence electrons. The summed E-state index contributed by atoms with van der Waals surface area (Å²) in [5, 5.41) is 0. The van der Waals surface area contributed by atoms with E-state index < -0.39 is 0 Å². The van der Waals surface area contributed by atoms with Crippen molar-refractivity contribution in [2.24, 2.45) is 5.84 Å². The van der Waals surface area contributed by atoms with E-state index in [0.29, 0.717) is 24.5 Å². The third-order valence-electron chi connectivity index (χ3n) is 3.09. The summed E-state index contributed by atoms with van der Waals surface area (Å²) in [4.78, 5) is 18.5. The molecule has 1 amide bonds. The van der Waals surface area contributed by atoms with Gasteiger partial charge in [-0.15, -0.1) is 0 Å². The molecule has 2 heterocycles. The zero-order valence-corrected chi connectivity index (χ0v) is 11.3. The van der Waals surface area contributed by atoms with E-state index in [-0.39, 0.29) is 12.0 Å². The van der Waals surface area contributed by atoms with Crippen molar-refractivity contribution in [1.29, 1.82) is 0 Å². The molecule has 1 saturated heterocycles. The monoisotopic (exact) mass is 264 g/mol. The molecule has 1 aliphatic heterocycles. The Morgan fingerprint density at radius 1 is 1.58 bits per heavy atom. The Bertz CT molecular complexity index is 464. The molecule has 2 rings (SSSR count). The van der Waals surface area contributed by atoms with Crippen LogP contribution >= 0.6 is 0 Å². The van der Waals surface area contributed by atoms with Crippen LogP contribution < -0.4 is 11.3 Å². The van der Waals surface area contributed by atoms with Crippen molar-refractivity contribution >= 4 is 11.7 Å². The Hall–Kier alpha value is -1.66. The lowest BCUT2D eigenvalue weighted by Gasteiger charge is -2.22. The van der Waals surface area contributed by atoms with E-state index >= 15 is 0 Å². The number of hydrazine groups is 1. The fourth-order valence-corrected chi connectivity index (χ4v) is 2.23. The van der Waals surface area contributed by atoms with Crippen molar-refractivity contribution in [3.63, 3.8) is 0 Å². The highest BCUT2D eigenvalue weighted by Gasteiger charge is 2.21. The highest BCUT2D eigenvalue weighted by atomic mass is 16.5. The van der Waals surface area contributed by atoms with Crippen LogP contribution in [0, 0.1) is 6.92 Å². The molecule has 1 aromatic rings. The molecule has 1 aliphatic rings. The summed E-state index contributed by atoms with van der Waals surface area (Å²) >= 11 is 0. The van der Waals surface area contributed by atoms with Gasteiger partial charge in [0.2, 0.25) is 0 Å². The van der Waals surface area contributed by atoms with Crippen molar-refractivity contribution in [2.75, 3.05) is 25.1 Å². The lowest BCUT2D eigenvalue weighted by molar-refractivity contribution is 0.0562. The van der Waals surface area contributed by atoms with Gasteiger partial charge in [-0.2, -0.15) is 0 Å². The van der Waals surface area contributed by atoms with Gasteiger partial charge in [-0.05, 0) is 32.4 Å². The zero-order valence-electron chi connectivity index (χ0n) is 11.3. The van der Waals surface area contributed by atoms with E-state index in [1.807, 2.05) is 18.7 Å². The van der Waals surface area contributed by atoms with E-state index in [1.165, 1.54) is 0 Å². The molecule has 1 fully saturated rings. The van der Waals surface area contributed by atoms with Crippen LogP contribution in [-0.2, 0) is 4.74 Å². The second-order valence-electron chi connectivity index (χ2n) is 4.81. The Morgan fingerprint density at radius 2 is 2.37 bits per heavy atom. The fraction of sp³-hybridized carbons (Fsp3) is 0.538. The van der Waals surface area contributed by atoms with E-state index in [2.05, 4.69) is 10.4 Å². The minimum Gasteiger partial charge on any atom is -0.377 e. The number of nitrogens with one attached hydrogen (secondary N) is 1. The maximum Gasteiger partial charge on any atom is 0.254 e. The molecule has 0 saturated carbocycles. The van der Waals surface area contributed by atoms with Crippen LogP contribution in [-0.4, -0.2) is 41.6 Å². The molecule has 0 radical (unpaired) electrons. The van der Waals surface area contributed by atoms with Crippen LogP contribution in [0.25, 0.3) is 0 Å². The standard InChI is InChI=1S/C13H20N4O2/c1-9-6-11(7-12(15-9)16-14)13(18)17-4-3-5-19-10(2)8-17/h6-7,10H,3-5,8,14H2,1-2H3,(H,15,16). The molecule has 1 aromatic heterocycles. The first-order valence-electron chi connectivity index (χ1n) is 6.46. The third-order valence-corrected chi connectivity index (χ3v) is 3.09. The average Bonchev–Trinajstić information content (AvgIpc) is 2.61. The summed E-state index contributed by atoms with van der Waals surface area (Å²) in [6.07, 6.45) is 0.934. The molecule has 6 heteroatoms. The predicted octanol–water partition coefficient (Wildman–Crippen LogP) is 0.927. The summed E-state index contributed by atoms with van der Waals surface area (Å²) in [6.45, 7) is 5.86. The summed E-state index contributed by atoms with van der Waals surface area (Å²) < 4.78 is 5.55. The van der Waals surface area contributed by atoms with E-state index in [4.69, 9.17) is 10.6 Å². The van der Waals surface area contributed by atoms with Gasteiger partial charge >= 0.3 is 0 Å². The van der Waals surface area contributed by atoms with Crippen molar-refractivity contribution < 1.29 is 9.53 Å². The number of hydrogen-bond acceptors (Lipinski definition) is 5. The first-order chi connectivity index (χ1) is 9.10. The molecule has 1 atom stereocenters. The number of amides is 1. The minimum absolute atomic E-state index is 0.000602. The molecule has 0 spiro atoms. The van der Waals surface area contributed by atoms with Crippen LogP contribution in [0.5, 0.6) is 0 Å². The van der Waals surface area contributed by atoms with Gasteiger partial charge in [-0.25, -0.2) is 10.8 Å². The maximum atomic E-state index is 12.5. The number of nitrogen functional groups attached to an aromatic ring is 1. The van der Waals surface area contributed by atoms with Gasteiger partial charge in [0.05, 0.1) is 6.10 Å². The fourth-order valence-electron chi connectivity index (χ4n) is 2.23. The molecule has 6 nitrogen and oxygen atoms in total. The first kappa shape index (κ1) is 13.8. The Morgan fingerprint density at radius 3 is 3.11 bits per heavy atom. The quantitative estimate of drug-likeness (QED) is 0.613. The Labute approximate surface area is 112 Å². The van der Waals surface area contributed by atoms with E-state index in [1.54, 1.807) is 12.1 Å². The lowest BCUT2D eigenvalue weighted by Crippen LogP contribution is -2.36. The summed E-state index contributed by atoms with van der Waals surface area (Å²) in [5.74, 6) is 5.86. The van der Waals surface area contributed by atoms with Crippen molar-refractivity contribution in [3.8, 4) is 0 Å². The number of rotatable bonds is 2. The van der Waals surface area contributed by atoms with Crippen molar-refractivity contribution in [2.45, 2.75) is 26.4 Å². The second-order valence-corrected chi connectivity index (χ2v) is 4.81. The number of ether oxygens (including phenoxy) is 1. The molecule has 19 heavy (non-hydrogen) atoms. The average molecular weight is 264 g/mol. The van der Waals surface area contributed by atoms with Crippen molar-refractivity contribution in [3.05, 3.63) is 23.4 Å². The molecule has 0 aliphatic carbocycles. The molecular formula is C13H20N4O2. The number of hydrogen-bond donors (Lipinski definition) is 2. The number of aryl methyl sites for hydroxylation is 1. The molecule has 3 N–H and O–H groups in total. The predicted molar refractivity (Wildman–Crippen MR) is 72.7 cm³/mol. The number of nitrogens with two attached hydrogens (primary N) is 1. The van der Waals surface area contributed by atoms with Crippen molar-refractivity contribution in [1.82, 2.24) is 9.88 Å². The number of pyridine rings is 1. The van der Waals surface area contributed by atoms with Gasteiger partial charge < -0.3 is 15.1 Å². The van der Waals surface area contributed by atoms with Gasteiger partial charge in [0, 0.05) is 31.0 Å². The maximum absolute atomic E-state index is 12.5. The summed E-state index contributed by atoms with van der Waals surface area (Å²) in [5.41, 5.74) is 3.85. The SMILES string of the molecule is Cc1cc(C(=O)N2CCCOC(C)C2)cc(NN)n1. The third kappa shape index (κ3) is 3.42. The normalized spacial score (nSPS) is 19.9. The van der Waals surface area contributed by atoms with Gasteiger partial charge in [0.15, 0.2) is 0 Å². The largest absolute Gasteiger partial charge is 0.377 e. The summed E-state index contributed by atoms with van der Waals surface area (Å²) in [7, 11) is 0. The first-order valence-corrected chi connectivity index (χ1v) is 6.46. The molecule has 0 bridgehead atoms. The Balaban J connectivity index is 2.20. The Kier molecular flexibility index (Phi) is 4.34. The number of anilines is 1. The van der Waals surface area contributed by atoms with Crippen LogP contribution in [0.15, 0.2) is 12.1 Å². The number of aromatic nitrogens is 1. The van der Waals surface area contributed by atoms with E-state index in [0.717, 1.165) is 18.7 Å². The zero-order chi connectivity index (χ0) is 13.8. The minimum atomic E-state index is -0.000602.